The first-order valence-electron chi connectivity index (χ1n) is 9.29. The summed E-state index contributed by atoms with van der Waals surface area (Å²) >= 11 is 1.71. The van der Waals surface area contributed by atoms with Crippen LogP contribution in [0.4, 0.5) is 0 Å². The molecule has 0 atom stereocenters. The van der Waals surface area contributed by atoms with E-state index in [-0.39, 0.29) is 17.1 Å². The molecule has 4 rings (SSSR count). The largest absolute Gasteiger partial charge is 0.371 e. The topological polar surface area (TPSA) is 78.5 Å². The number of thiazole rings is 1. The lowest BCUT2D eigenvalue weighted by Gasteiger charge is -2.47. The Morgan fingerprint density at radius 3 is 2.85 bits per heavy atom. The average molecular weight is 388 g/mol. The molecule has 2 fully saturated rings. The molecular formula is C19H24N4O3S. The van der Waals surface area contributed by atoms with Gasteiger partial charge in [-0.1, -0.05) is 6.07 Å². The van der Waals surface area contributed by atoms with Crippen LogP contribution in [0.3, 0.4) is 0 Å². The number of morpholine rings is 1. The summed E-state index contributed by atoms with van der Waals surface area (Å²) in [5.74, 6) is -0.127. The number of piperidine rings is 1. The highest BCUT2D eigenvalue weighted by Gasteiger charge is 2.41. The number of hydrogen-bond acceptors (Lipinski definition) is 6. The van der Waals surface area contributed by atoms with Crippen LogP contribution in [0.25, 0.3) is 0 Å². The van der Waals surface area contributed by atoms with Gasteiger partial charge < -0.3 is 14.6 Å². The van der Waals surface area contributed by atoms with Crippen LogP contribution >= 0.6 is 11.3 Å². The van der Waals surface area contributed by atoms with Gasteiger partial charge >= 0.3 is 0 Å². The Morgan fingerprint density at radius 1 is 1.33 bits per heavy atom. The third-order valence-corrected chi connectivity index (χ3v) is 6.43. The molecule has 0 radical (unpaired) electrons. The van der Waals surface area contributed by atoms with E-state index in [0.717, 1.165) is 38.2 Å². The van der Waals surface area contributed by atoms with Gasteiger partial charge in [0.05, 0.1) is 30.0 Å². The van der Waals surface area contributed by atoms with E-state index in [4.69, 9.17) is 4.74 Å². The van der Waals surface area contributed by atoms with E-state index in [9.17, 15) is 9.59 Å². The zero-order chi connectivity index (χ0) is 18.9. The number of aromatic nitrogens is 2. The second kappa shape index (κ2) is 7.53. The van der Waals surface area contributed by atoms with Crippen molar-refractivity contribution in [3.8, 4) is 0 Å². The zero-order valence-electron chi connectivity index (χ0n) is 15.4. The highest BCUT2D eigenvalue weighted by Crippen LogP contribution is 2.31. The van der Waals surface area contributed by atoms with Crippen molar-refractivity contribution in [2.45, 2.75) is 31.9 Å². The summed E-state index contributed by atoms with van der Waals surface area (Å²) in [6.45, 7) is 6.55. The Labute approximate surface area is 162 Å². The summed E-state index contributed by atoms with van der Waals surface area (Å²) in [5.41, 5.74) is 2.83. The van der Waals surface area contributed by atoms with E-state index in [1.54, 1.807) is 23.5 Å². The maximum Gasteiger partial charge on any atom is 0.270 e. The fourth-order valence-electron chi connectivity index (χ4n) is 3.86. The van der Waals surface area contributed by atoms with Gasteiger partial charge in [0.25, 0.3) is 5.91 Å². The number of aromatic amines is 1. The second-order valence-corrected chi connectivity index (χ2v) is 8.26. The molecule has 2 saturated heterocycles. The number of rotatable bonds is 3. The molecule has 2 aromatic rings. The lowest BCUT2D eigenvalue weighted by atomic mass is 9.89. The summed E-state index contributed by atoms with van der Waals surface area (Å²) in [6.07, 6.45) is 1.81. The number of nitrogens with one attached hydrogen (secondary N) is 1. The molecule has 1 amide bonds. The van der Waals surface area contributed by atoms with Gasteiger partial charge in [-0.25, -0.2) is 4.98 Å². The third kappa shape index (κ3) is 3.97. The van der Waals surface area contributed by atoms with Gasteiger partial charge in [0.15, 0.2) is 0 Å². The summed E-state index contributed by atoms with van der Waals surface area (Å²) in [5, 5.41) is 0. The van der Waals surface area contributed by atoms with E-state index < -0.39 is 0 Å². The second-order valence-electron chi connectivity index (χ2n) is 7.32. The van der Waals surface area contributed by atoms with Crippen LogP contribution in [-0.2, 0) is 11.3 Å². The molecule has 144 valence electrons. The molecule has 8 heteroatoms. The van der Waals surface area contributed by atoms with Crippen LogP contribution in [0.15, 0.2) is 28.5 Å². The molecule has 2 aliphatic rings. The standard InChI is InChI=1S/C19H24N4O3S/c1-14-16(27-13-20-14)11-22-7-5-19(6-8-22)12-23(9-10-26-19)18(25)15-3-2-4-17(24)21-15/h2-4,13H,5-12H2,1H3,(H,21,24). The predicted molar refractivity (Wildman–Crippen MR) is 103 cm³/mol. The first-order valence-corrected chi connectivity index (χ1v) is 10.2. The van der Waals surface area contributed by atoms with Gasteiger partial charge in [-0.05, 0) is 25.8 Å². The quantitative estimate of drug-likeness (QED) is 0.865. The molecule has 1 N–H and O–H groups in total. The van der Waals surface area contributed by atoms with Gasteiger partial charge in [0.2, 0.25) is 5.56 Å². The number of amides is 1. The lowest BCUT2D eigenvalue weighted by molar-refractivity contribution is -0.127. The molecule has 0 bridgehead atoms. The van der Waals surface area contributed by atoms with Crippen LogP contribution in [0, 0.1) is 6.92 Å². The first kappa shape index (κ1) is 18.3. The molecule has 0 aliphatic carbocycles. The lowest BCUT2D eigenvalue weighted by Crippen LogP contribution is -2.58. The number of hydrogen-bond donors (Lipinski definition) is 1. The van der Waals surface area contributed by atoms with Crippen molar-refractivity contribution in [3.05, 3.63) is 50.3 Å². The summed E-state index contributed by atoms with van der Waals surface area (Å²) in [6, 6.07) is 4.69. The van der Waals surface area contributed by atoms with Crippen LogP contribution in [0.5, 0.6) is 0 Å². The highest BCUT2D eigenvalue weighted by molar-refractivity contribution is 7.09. The Hall–Kier alpha value is -2.03. The van der Waals surface area contributed by atoms with E-state index in [1.165, 1.54) is 10.9 Å². The van der Waals surface area contributed by atoms with Gasteiger partial charge in [-0.15, -0.1) is 11.3 Å². The highest BCUT2D eigenvalue weighted by atomic mass is 32.1. The maximum atomic E-state index is 12.8. The minimum Gasteiger partial charge on any atom is -0.371 e. The number of likely N-dealkylation sites (tertiary alicyclic amines) is 1. The van der Waals surface area contributed by atoms with Crippen molar-refractivity contribution >= 4 is 17.2 Å². The average Bonchev–Trinajstić information content (AvgIpc) is 3.08. The van der Waals surface area contributed by atoms with Crippen molar-refractivity contribution in [2.24, 2.45) is 0 Å². The number of pyridine rings is 1. The Bertz CT molecular complexity index is 870. The molecule has 0 unspecified atom stereocenters. The fourth-order valence-corrected chi connectivity index (χ4v) is 4.68. The SMILES string of the molecule is Cc1ncsc1CN1CCC2(CC1)CN(C(=O)c1cccc(=O)[nH]1)CCO2. The molecular weight excluding hydrogens is 364 g/mol. The predicted octanol–water partition coefficient (Wildman–Crippen LogP) is 1.65. The van der Waals surface area contributed by atoms with Gasteiger partial charge in [0.1, 0.15) is 5.69 Å². The maximum absolute atomic E-state index is 12.8. The molecule has 7 nitrogen and oxygen atoms in total. The van der Waals surface area contributed by atoms with Crippen molar-refractivity contribution in [2.75, 3.05) is 32.8 Å². The van der Waals surface area contributed by atoms with Crippen molar-refractivity contribution < 1.29 is 9.53 Å². The van der Waals surface area contributed by atoms with Crippen LogP contribution < -0.4 is 5.56 Å². The van der Waals surface area contributed by atoms with E-state index in [0.29, 0.717) is 25.4 Å². The summed E-state index contributed by atoms with van der Waals surface area (Å²) < 4.78 is 6.15. The molecule has 2 aromatic heterocycles. The van der Waals surface area contributed by atoms with Crippen molar-refractivity contribution in [3.63, 3.8) is 0 Å². The van der Waals surface area contributed by atoms with Gasteiger partial charge in [0, 0.05) is 37.1 Å². The normalized spacial score (nSPS) is 20.1. The number of carbonyl (C=O) groups excluding carboxylic acids is 1. The van der Waals surface area contributed by atoms with Crippen LogP contribution in [0.1, 0.15) is 33.9 Å². The molecule has 1 spiro atoms. The summed E-state index contributed by atoms with van der Waals surface area (Å²) in [7, 11) is 0. The number of ether oxygens (including phenoxy) is 1. The first-order chi connectivity index (χ1) is 13.0. The molecule has 27 heavy (non-hydrogen) atoms. The molecule has 0 saturated carbocycles. The van der Waals surface area contributed by atoms with E-state index >= 15 is 0 Å². The molecule has 2 aliphatic heterocycles. The zero-order valence-corrected chi connectivity index (χ0v) is 16.3. The fraction of sp³-hybridized carbons (Fsp3) is 0.526. The van der Waals surface area contributed by atoms with E-state index in [1.807, 2.05) is 10.4 Å². The molecule has 0 aromatic carbocycles. The van der Waals surface area contributed by atoms with Crippen LogP contribution in [0.2, 0.25) is 0 Å². The van der Waals surface area contributed by atoms with Crippen LogP contribution in [-0.4, -0.2) is 64.1 Å². The third-order valence-electron chi connectivity index (χ3n) is 5.51. The summed E-state index contributed by atoms with van der Waals surface area (Å²) in [4.78, 5) is 36.8. The van der Waals surface area contributed by atoms with E-state index in [2.05, 4.69) is 21.8 Å². The number of aryl methyl sites for hydroxylation is 1. The minimum absolute atomic E-state index is 0.127. The number of H-pyrrole nitrogens is 1. The van der Waals surface area contributed by atoms with Crippen molar-refractivity contribution in [1.82, 2.24) is 19.8 Å². The minimum atomic E-state index is -0.276. The van der Waals surface area contributed by atoms with Gasteiger partial charge in [-0.2, -0.15) is 0 Å². The number of nitrogens with zero attached hydrogens (tertiary/aromatic N) is 3. The smallest absolute Gasteiger partial charge is 0.270 e. The van der Waals surface area contributed by atoms with Gasteiger partial charge in [-0.3, -0.25) is 14.5 Å². The van der Waals surface area contributed by atoms with Crippen molar-refractivity contribution in [1.29, 1.82) is 0 Å². The molecule has 4 heterocycles. The monoisotopic (exact) mass is 388 g/mol. The Balaban J connectivity index is 1.39. The number of carbonyl (C=O) groups is 1. The Morgan fingerprint density at radius 2 is 2.15 bits per heavy atom. The Kier molecular flexibility index (Phi) is 5.12.